The van der Waals surface area contributed by atoms with Gasteiger partial charge in [-0.2, -0.15) is 0 Å². The van der Waals surface area contributed by atoms with Crippen molar-refractivity contribution in [2.45, 2.75) is 38.6 Å². The molecular formula is C15H18N4O2. The maximum absolute atomic E-state index is 12.3. The van der Waals surface area contributed by atoms with Gasteiger partial charge in [-0.25, -0.2) is 4.99 Å². The number of nitrogens with two attached hydrogens (primary N) is 1. The Bertz CT molecular complexity index is 775. The fourth-order valence-corrected chi connectivity index (χ4v) is 2.75. The lowest BCUT2D eigenvalue weighted by Gasteiger charge is -2.18. The predicted molar refractivity (Wildman–Crippen MR) is 81.9 cm³/mol. The summed E-state index contributed by atoms with van der Waals surface area (Å²) in [5.41, 5.74) is 8.35. The smallest absolute Gasteiger partial charge is 0.279 e. The third-order valence-electron chi connectivity index (χ3n) is 4.02. The van der Waals surface area contributed by atoms with Gasteiger partial charge in [-0.15, -0.1) is 0 Å². The quantitative estimate of drug-likeness (QED) is 0.742. The zero-order valence-corrected chi connectivity index (χ0v) is 11.9. The van der Waals surface area contributed by atoms with Crippen LogP contribution in [0, 0.1) is 6.92 Å². The molecule has 0 atom stereocenters. The Morgan fingerprint density at radius 2 is 2.00 bits per heavy atom. The van der Waals surface area contributed by atoms with Gasteiger partial charge in [-0.05, 0) is 38.2 Å². The number of amides is 1. The topological polar surface area (TPSA) is 104 Å². The molecule has 1 saturated carbocycles. The Morgan fingerprint density at radius 3 is 2.71 bits per heavy atom. The number of carbonyl (C=O) groups excluding carboxylic acids is 1. The van der Waals surface area contributed by atoms with E-state index in [0.29, 0.717) is 16.5 Å². The Kier molecular flexibility index (Phi) is 3.47. The first kappa shape index (κ1) is 13.8. The lowest BCUT2D eigenvalue weighted by Crippen LogP contribution is -2.27. The van der Waals surface area contributed by atoms with Crippen LogP contribution in [0.1, 0.15) is 41.6 Å². The molecule has 2 heterocycles. The van der Waals surface area contributed by atoms with Gasteiger partial charge in [-0.3, -0.25) is 9.59 Å². The van der Waals surface area contributed by atoms with Gasteiger partial charge in [-0.1, -0.05) is 0 Å². The van der Waals surface area contributed by atoms with Gasteiger partial charge in [0.2, 0.25) is 0 Å². The standard InChI is InChI=1S/C15H18N4O2/c1-8-6-18-15(21)12-11(7-17-13(8)12)14(20)19-10-4-2-9(16)3-5-10/h6-7,9,17H,2-5,16H2,1H3,(H,18,21). The van der Waals surface area contributed by atoms with Crippen LogP contribution in [-0.2, 0) is 0 Å². The second-order valence-corrected chi connectivity index (χ2v) is 5.57. The number of hydrogen-bond donors (Lipinski definition) is 3. The van der Waals surface area contributed by atoms with E-state index in [0.717, 1.165) is 37.0 Å². The van der Waals surface area contributed by atoms with E-state index in [4.69, 9.17) is 5.73 Å². The van der Waals surface area contributed by atoms with Gasteiger partial charge in [0.05, 0.1) is 16.5 Å². The van der Waals surface area contributed by atoms with E-state index < -0.39 is 0 Å². The average Bonchev–Trinajstić information content (AvgIpc) is 2.92. The lowest BCUT2D eigenvalue weighted by atomic mass is 9.94. The molecule has 1 aliphatic rings. The number of fused-ring (bicyclic) bond motifs is 1. The third kappa shape index (κ3) is 2.54. The van der Waals surface area contributed by atoms with Crippen LogP contribution in [0.5, 0.6) is 0 Å². The summed E-state index contributed by atoms with van der Waals surface area (Å²) in [7, 11) is 0. The largest absolute Gasteiger partial charge is 0.360 e. The monoisotopic (exact) mass is 286 g/mol. The summed E-state index contributed by atoms with van der Waals surface area (Å²) in [5.74, 6) is -0.358. The number of nitrogens with zero attached hydrogens (tertiary/aromatic N) is 1. The molecule has 1 fully saturated rings. The first-order valence-electron chi connectivity index (χ1n) is 7.12. The fourth-order valence-electron chi connectivity index (χ4n) is 2.75. The Morgan fingerprint density at radius 1 is 1.29 bits per heavy atom. The molecule has 6 heteroatoms. The number of rotatable bonds is 1. The number of aromatic nitrogens is 2. The Balaban J connectivity index is 1.98. The van der Waals surface area contributed by atoms with Crippen LogP contribution < -0.4 is 11.3 Å². The number of aryl methyl sites for hydroxylation is 1. The molecule has 0 unspecified atom stereocenters. The Labute approximate surface area is 121 Å². The van der Waals surface area contributed by atoms with Crippen molar-refractivity contribution in [1.82, 2.24) is 9.97 Å². The minimum Gasteiger partial charge on any atom is -0.360 e. The number of H-pyrrole nitrogens is 2. The zero-order valence-electron chi connectivity index (χ0n) is 11.9. The third-order valence-corrected chi connectivity index (χ3v) is 4.02. The maximum Gasteiger partial charge on any atom is 0.279 e. The summed E-state index contributed by atoms with van der Waals surface area (Å²) in [6, 6.07) is 0.206. The zero-order chi connectivity index (χ0) is 15.0. The summed E-state index contributed by atoms with van der Waals surface area (Å²) >= 11 is 0. The number of carbonyl (C=O) groups is 1. The molecule has 1 amide bonds. The first-order chi connectivity index (χ1) is 10.1. The summed E-state index contributed by atoms with van der Waals surface area (Å²) in [6.45, 7) is 1.87. The number of aromatic amines is 2. The van der Waals surface area contributed by atoms with Gasteiger partial charge < -0.3 is 15.7 Å². The SMILES string of the molecule is Cc1c[nH]c(=O)c2c(C(=O)N=C3CCC(N)CC3)c[nH]c12. The van der Waals surface area contributed by atoms with Crippen LogP contribution in [0.25, 0.3) is 10.9 Å². The highest BCUT2D eigenvalue weighted by Crippen LogP contribution is 2.19. The van der Waals surface area contributed by atoms with Crippen molar-refractivity contribution in [1.29, 1.82) is 0 Å². The van der Waals surface area contributed by atoms with E-state index in [1.54, 1.807) is 12.4 Å². The first-order valence-corrected chi connectivity index (χ1v) is 7.12. The van der Waals surface area contributed by atoms with Crippen molar-refractivity contribution >= 4 is 22.5 Å². The maximum atomic E-state index is 12.3. The molecule has 3 rings (SSSR count). The molecule has 2 aromatic rings. The number of nitrogens with one attached hydrogen (secondary N) is 2. The summed E-state index contributed by atoms with van der Waals surface area (Å²) in [4.78, 5) is 34.1. The molecule has 0 aromatic carbocycles. The molecule has 0 spiro atoms. The van der Waals surface area contributed by atoms with E-state index in [9.17, 15) is 9.59 Å². The number of aliphatic imine (C=N–C) groups is 1. The van der Waals surface area contributed by atoms with Crippen molar-refractivity contribution in [3.05, 3.63) is 33.9 Å². The molecule has 0 saturated heterocycles. The normalized spacial score (nSPS) is 19.0. The molecule has 4 N–H and O–H groups in total. The van der Waals surface area contributed by atoms with Crippen molar-refractivity contribution < 1.29 is 4.79 Å². The lowest BCUT2D eigenvalue weighted by molar-refractivity contribution is 0.100. The minimum absolute atomic E-state index is 0.206. The molecule has 1 aliphatic carbocycles. The van der Waals surface area contributed by atoms with E-state index in [2.05, 4.69) is 15.0 Å². The van der Waals surface area contributed by atoms with E-state index in [-0.39, 0.29) is 17.5 Å². The summed E-state index contributed by atoms with van der Waals surface area (Å²) in [5, 5.41) is 0.386. The van der Waals surface area contributed by atoms with E-state index >= 15 is 0 Å². The summed E-state index contributed by atoms with van der Waals surface area (Å²) < 4.78 is 0. The van der Waals surface area contributed by atoms with Gasteiger partial charge in [0, 0.05) is 24.1 Å². The van der Waals surface area contributed by atoms with Crippen LogP contribution >= 0.6 is 0 Å². The van der Waals surface area contributed by atoms with Crippen LogP contribution in [0.2, 0.25) is 0 Å². The molecule has 0 radical (unpaired) electrons. The fraction of sp³-hybridized carbons (Fsp3) is 0.400. The highest BCUT2D eigenvalue weighted by molar-refractivity contribution is 6.11. The molecule has 110 valence electrons. The van der Waals surface area contributed by atoms with Crippen molar-refractivity contribution in [3.8, 4) is 0 Å². The summed E-state index contributed by atoms with van der Waals surface area (Å²) in [6.07, 6.45) is 6.42. The highest BCUT2D eigenvalue weighted by atomic mass is 16.1. The average molecular weight is 286 g/mol. The molecule has 2 aromatic heterocycles. The molecule has 0 aliphatic heterocycles. The minimum atomic E-state index is -0.358. The highest BCUT2D eigenvalue weighted by Gasteiger charge is 2.18. The predicted octanol–water partition coefficient (Wildman–Crippen LogP) is 1.65. The van der Waals surface area contributed by atoms with Crippen LogP contribution in [-0.4, -0.2) is 27.6 Å². The Hall–Kier alpha value is -2.21. The number of hydrogen-bond acceptors (Lipinski definition) is 3. The van der Waals surface area contributed by atoms with Crippen LogP contribution in [0.15, 0.2) is 22.2 Å². The van der Waals surface area contributed by atoms with Crippen molar-refractivity contribution in [2.24, 2.45) is 10.7 Å². The van der Waals surface area contributed by atoms with Gasteiger partial charge in [0.1, 0.15) is 0 Å². The van der Waals surface area contributed by atoms with Gasteiger partial charge in [0.25, 0.3) is 11.5 Å². The van der Waals surface area contributed by atoms with Crippen molar-refractivity contribution in [3.63, 3.8) is 0 Å². The number of pyridine rings is 1. The second-order valence-electron chi connectivity index (χ2n) is 5.57. The van der Waals surface area contributed by atoms with E-state index in [1.165, 1.54) is 0 Å². The van der Waals surface area contributed by atoms with Gasteiger partial charge >= 0.3 is 0 Å². The van der Waals surface area contributed by atoms with Gasteiger partial charge in [0.15, 0.2) is 0 Å². The second kappa shape index (κ2) is 5.29. The van der Waals surface area contributed by atoms with Crippen molar-refractivity contribution in [2.75, 3.05) is 0 Å². The van der Waals surface area contributed by atoms with E-state index in [1.807, 2.05) is 6.92 Å². The molecule has 21 heavy (non-hydrogen) atoms. The van der Waals surface area contributed by atoms with Crippen LogP contribution in [0.3, 0.4) is 0 Å². The van der Waals surface area contributed by atoms with Crippen LogP contribution in [0.4, 0.5) is 0 Å². The molecule has 0 bridgehead atoms. The molecular weight excluding hydrogens is 268 g/mol. The molecule has 6 nitrogen and oxygen atoms in total.